The first-order valence-corrected chi connectivity index (χ1v) is 6.36. The summed E-state index contributed by atoms with van der Waals surface area (Å²) in [6, 6.07) is 5.19. The Morgan fingerprint density at radius 1 is 1.40 bits per heavy atom. The summed E-state index contributed by atoms with van der Waals surface area (Å²) < 4.78 is 4.84. The second kappa shape index (κ2) is 7.12. The lowest BCUT2D eigenvalue weighted by atomic mass is 10.1. The van der Waals surface area contributed by atoms with Crippen LogP contribution in [0.5, 0.6) is 0 Å². The Morgan fingerprint density at radius 3 is 2.55 bits per heavy atom. The first-order chi connectivity index (χ1) is 9.36. The number of nitrogen functional groups attached to an aromatic ring is 1. The maximum Gasteiger partial charge on any atom is 0.253 e. The molecule has 6 heteroatoms. The molecule has 0 radical (unpaired) electrons. The van der Waals surface area contributed by atoms with Gasteiger partial charge in [-0.25, -0.2) is 0 Å². The van der Waals surface area contributed by atoms with E-state index in [1.165, 1.54) is 12.0 Å². The summed E-state index contributed by atoms with van der Waals surface area (Å²) >= 11 is 0. The van der Waals surface area contributed by atoms with Crippen LogP contribution in [0.2, 0.25) is 0 Å². The molecule has 0 saturated carbocycles. The van der Waals surface area contributed by atoms with Gasteiger partial charge in [0.05, 0.1) is 24.1 Å². The number of carbonyl (C=O) groups is 1. The lowest BCUT2D eigenvalue weighted by Gasteiger charge is -2.21. The van der Waals surface area contributed by atoms with E-state index >= 15 is 0 Å². The number of benzene rings is 1. The van der Waals surface area contributed by atoms with Gasteiger partial charge in [0.15, 0.2) is 0 Å². The number of aliphatic hydroxyl groups is 1. The van der Waals surface area contributed by atoms with Crippen molar-refractivity contribution in [1.29, 1.82) is 0 Å². The van der Waals surface area contributed by atoms with Crippen molar-refractivity contribution in [2.45, 2.75) is 6.10 Å². The van der Waals surface area contributed by atoms with Crippen LogP contribution in [0, 0.1) is 0 Å². The highest BCUT2D eigenvalue weighted by atomic mass is 16.5. The zero-order chi connectivity index (χ0) is 15.3. The van der Waals surface area contributed by atoms with Gasteiger partial charge in [-0.1, -0.05) is 0 Å². The van der Waals surface area contributed by atoms with Gasteiger partial charge >= 0.3 is 0 Å². The fourth-order valence-corrected chi connectivity index (χ4v) is 1.96. The molecule has 1 aromatic rings. The molecular formula is C14H23N3O3. The normalized spacial score (nSPS) is 12.1. The number of methoxy groups -OCH3 is 1. The van der Waals surface area contributed by atoms with Crippen molar-refractivity contribution in [3.05, 3.63) is 23.8 Å². The Labute approximate surface area is 119 Å². The van der Waals surface area contributed by atoms with Crippen molar-refractivity contribution >= 4 is 17.3 Å². The van der Waals surface area contributed by atoms with Gasteiger partial charge in [0, 0.05) is 40.4 Å². The number of nitrogens with zero attached hydrogens (tertiary/aromatic N) is 2. The molecule has 112 valence electrons. The van der Waals surface area contributed by atoms with Gasteiger partial charge in [-0.2, -0.15) is 0 Å². The van der Waals surface area contributed by atoms with Gasteiger partial charge in [0.25, 0.3) is 5.91 Å². The van der Waals surface area contributed by atoms with Crippen molar-refractivity contribution < 1.29 is 14.6 Å². The van der Waals surface area contributed by atoms with Crippen LogP contribution in [0.3, 0.4) is 0 Å². The number of amides is 1. The van der Waals surface area contributed by atoms with Crippen molar-refractivity contribution in [3.63, 3.8) is 0 Å². The van der Waals surface area contributed by atoms with Gasteiger partial charge in [0.1, 0.15) is 0 Å². The van der Waals surface area contributed by atoms with Gasteiger partial charge < -0.3 is 25.4 Å². The summed E-state index contributed by atoms with van der Waals surface area (Å²) in [7, 11) is 6.92. The van der Waals surface area contributed by atoms with E-state index in [2.05, 4.69) is 0 Å². The number of aliphatic hydroxyl groups excluding tert-OH is 1. The molecule has 1 amide bonds. The topological polar surface area (TPSA) is 79.0 Å². The van der Waals surface area contributed by atoms with Gasteiger partial charge in [-0.15, -0.1) is 0 Å². The molecule has 1 rings (SSSR count). The number of rotatable bonds is 6. The summed E-state index contributed by atoms with van der Waals surface area (Å²) in [5.74, 6) is -0.183. The van der Waals surface area contributed by atoms with Crippen molar-refractivity contribution in [3.8, 4) is 0 Å². The molecule has 1 atom stereocenters. The number of carbonyl (C=O) groups excluding carboxylic acids is 1. The molecule has 0 aromatic heterocycles. The summed E-state index contributed by atoms with van der Waals surface area (Å²) in [4.78, 5) is 15.6. The highest BCUT2D eigenvalue weighted by Crippen LogP contribution is 2.22. The van der Waals surface area contributed by atoms with E-state index < -0.39 is 6.10 Å². The van der Waals surface area contributed by atoms with E-state index in [-0.39, 0.29) is 19.1 Å². The first kappa shape index (κ1) is 16.3. The number of likely N-dealkylation sites (N-methyl/N-ethyl adjacent to an activating group) is 1. The Hall–Kier alpha value is -1.79. The molecule has 0 aliphatic carbocycles. The highest BCUT2D eigenvalue weighted by molar-refractivity contribution is 5.96. The first-order valence-electron chi connectivity index (χ1n) is 6.36. The summed E-state index contributed by atoms with van der Waals surface area (Å²) in [6.45, 7) is 0.404. The molecule has 20 heavy (non-hydrogen) atoms. The van der Waals surface area contributed by atoms with E-state index in [1.807, 2.05) is 25.1 Å². The van der Waals surface area contributed by atoms with Crippen molar-refractivity contribution in [1.82, 2.24) is 4.90 Å². The van der Waals surface area contributed by atoms with Crippen LogP contribution in [0.25, 0.3) is 0 Å². The number of ether oxygens (including phenoxy) is 1. The van der Waals surface area contributed by atoms with Crippen molar-refractivity contribution in [2.75, 3.05) is 52.0 Å². The molecule has 0 bridgehead atoms. The van der Waals surface area contributed by atoms with Gasteiger partial charge in [-0.05, 0) is 18.2 Å². The van der Waals surface area contributed by atoms with Crippen molar-refractivity contribution in [2.24, 2.45) is 0 Å². The monoisotopic (exact) mass is 281 g/mol. The maximum absolute atomic E-state index is 12.2. The third kappa shape index (κ3) is 4.11. The molecule has 3 N–H and O–H groups in total. The predicted molar refractivity (Wildman–Crippen MR) is 80.0 cm³/mol. The smallest absolute Gasteiger partial charge is 0.253 e. The molecular weight excluding hydrogens is 258 g/mol. The van der Waals surface area contributed by atoms with E-state index in [0.29, 0.717) is 11.3 Å². The fourth-order valence-electron chi connectivity index (χ4n) is 1.96. The molecule has 0 heterocycles. The number of hydrogen-bond donors (Lipinski definition) is 2. The molecule has 0 fully saturated rings. The minimum atomic E-state index is -0.702. The number of nitrogens with two attached hydrogens (primary N) is 1. The van der Waals surface area contributed by atoms with E-state index in [1.54, 1.807) is 19.2 Å². The van der Waals surface area contributed by atoms with Crippen LogP contribution in [0.1, 0.15) is 10.4 Å². The molecule has 0 aliphatic heterocycles. The number of hydrogen-bond acceptors (Lipinski definition) is 5. The predicted octanol–water partition coefficient (Wildman–Crippen LogP) is 0.414. The third-order valence-corrected chi connectivity index (χ3v) is 2.95. The van der Waals surface area contributed by atoms with E-state index in [0.717, 1.165) is 5.69 Å². The zero-order valence-corrected chi connectivity index (χ0v) is 12.5. The quantitative estimate of drug-likeness (QED) is 0.739. The van der Waals surface area contributed by atoms with Crippen LogP contribution in [0.4, 0.5) is 11.4 Å². The molecule has 1 unspecified atom stereocenters. The zero-order valence-electron chi connectivity index (χ0n) is 12.5. The van der Waals surface area contributed by atoms with E-state index in [4.69, 9.17) is 10.5 Å². The minimum Gasteiger partial charge on any atom is -0.397 e. The van der Waals surface area contributed by atoms with E-state index in [9.17, 15) is 9.90 Å². The minimum absolute atomic E-state index is 0.183. The third-order valence-electron chi connectivity index (χ3n) is 2.95. The van der Waals surface area contributed by atoms with Gasteiger partial charge in [-0.3, -0.25) is 4.79 Å². The molecule has 0 saturated heterocycles. The fraction of sp³-hybridized carbons (Fsp3) is 0.500. The molecule has 1 aromatic carbocycles. The molecule has 6 nitrogen and oxygen atoms in total. The second-order valence-electron chi connectivity index (χ2n) is 4.96. The van der Waals surface area contributed by atoms with Crippen LogP contribution >= 0.6 is 0 Å². The maximum atomic E-state index is 12.2. The average Bonchev–Trinajstić information content (AvgIpc) is 2.37. The Balaban J connectivity index is 2.79. The van der Waals surface area contributed by atoms with Crippen LogP contribution < -0.4 is 10.6 Å². The van der Waals surface area contributed by atoms with Crippen LogP contribution in [-0.4, -0.2) is 63.4 Å². The average molecular weight is 281 g/mol. The lowest BCUT2D eigenvalue weighted by Crippen LogP contribution is -2.36. The molecule has 0 spiro atoms. The number of anilines is 2. The lowest BCUT2D eigenvalue weighted by molar-refractivity contribution is 0.0380. The Bertz CT molecular complexity index is 463. The second-order valence-corrected chi connectivity index (χ2v) is 4.96. The summed E-state index contributed by atoms with van der Waals surface area (Å²) in [5.41, 5.74) is 7.84. The van der Waals surface area contributed by atoms with Crippen LogP contribution in [0.15, 0.2) is 18.2 Å². The molecule has 0 aliphatic rings. The summed E-state index contributed by atoms with van der Waals surface area (Å²) in [5, 5.41) is 9.64. The highest BCUT2D eigenvalue weighted by Gasteiger charge is 2.16. The SMILES string of the molecule is COCC(O)CN(C)C(=O)c1ccc(N(C)C)c(N)c1. The summed E-state index contributed by atoms with van der Waals surface area (Å²) in [6.07, 6.45) is -0.702. The Morgan fingerprint density at radius 2 is 2.05 bits per heavy atom. The largest absolute Gasteiger partial charge is 0.397 e. The van der Waals surface area contributed by atoms with Crippen LogP contribution in [-0.2, 0) is 4.74 Å². The Kier molecular flexibility index (Phi) is 5.79. The standard InChI is InChI=1S/C14H23N3O3/c1-16(2)13-6-5-10(7-12(13)15)14(19)17(3)8-11(18)9-20-4/h5-7,11,18H,8-9,15H2,1-4H3. The van der Waals surface area contributed by atoms with Gasteiger partial charge in [0.2, 0.25) is 0 Å².